The minimum absolute atomic E-state index is 0.257. The summed E-state index contributed by atoms with van der Waals surface area (Å²) in [4.78, 5) is 11.7. The van der Waals surface area contributed by atoms with E-state index in [9.17, 15) is 4.39 Å². The van der Waals surface area contributed by atoms with Crippen LogP contribution in [0.5, 0.6) is 0 Å². The Balaban J connectivity index is 0.00000133. The van der Waals surface area contributed by atoms with Crippen LogP contribution >= 0.6 is 27.3 Å². The van der Waals surface area contributed by atoms with Gasteiger partial charge in [-0.25, -0.2) is 14.4 Å². The summed E-state index contributed by atoms with van der Waals surface area (Å²) in [6.45, 7) is 4.00. The fourth-order valence-corrected chi connectivity index (χ4v) is 4.61. The molecule has 3 aromatic heterocycles. The Morgan fingerprint density at radius 3 is 2.41 bits per heavy atom. The summed E-state index contributed by atoms with van der Waals surface area (Å²) in [5, 5.41) is 2.80. The molecule has 0 saturated carbocycles. The average Bonchev–Trinajstić information content (AvgIpc) is 3.50. The minimum Gasteiger partial charge on any atom is -0.305 e. The molecule has 7 heteroatoms. The summed E-state index contributed by atoms with van der Waals surface area (Å²) >= 11 is 5.10. The van der Waals surface area contributed by atoms with Crippen molar-refractivity contribution in [2.24, 2.45) is 0 Å². The van der Waals surface area contributed by atoms with Gasteiger partial charge in [0.05, 0.1) is 5.69 Å². The predicted molar refractivity (Wildman–Crippen MR) is 145 cm³/mol. The van der Waals surface area contributed by atoms with Crippen LogP contribution in [-0.4, -0.2) is 21.4 Å². The number of pyridine rings is 1. The number of anilines is 2. The number of rotatable bonds is 5. The number of imidazole rings is 1. The van der Waals surface area contributed by atoms with E-state index < -0.39 is 0 Å². The maximum absolute atomic E-state index is 13.3. The average molecular weight is 535 g/mol. The Kier molecular flexibility index (Phi) is 7.55. The number of thiazole rings is 1. The van der Waals surface area contributed by atoms with Crippen molar-refractivity contribution < 1.29 is 4.39 Å². The highest BCUT2D eigenvalue weighted by molar-refractivity contribution is 9.10. The van der Waals surface area contributed by atoms with Crippen molar-refractivity contribution in [2.45, 2.75) is 13.8 Å². The maximum atomic E-state index is 13.3. The van der Waals surface area contributed by atoms with Crippen molar-refractivity contribution in [2.75, 3.05) is 11.9 Å². The third kappa shape index (κ3) is 5.11. The zero-order chi connectivity index (χ0) is 24.1. The molecule has 0 N–H and O–H groups in total. The second-order valence-corrected chi connectivity index (χ2v) is 8.97. The summed E-state index contributed by atoms with van der Waals surface area (Å²) in [5.74, 6) is 0.654. The molecule has 0 aliphatic carbocycles. The molecule has 0 fully saturated rings. The fraction of sp³-hybridized carbons (Fsp3) is 0.111. The van der Waals surface area contributed by atoms with Crippen molar-refractivity contribution >= 4 is 56.0 Å². The molecular formula is C27H24BrFN4S. The van der Waals surface area contributed by atoms with Crippen LogP contribution in [0.25, 0.3) is 29.1 Å². The largest absolute Gasteiger partial charge is 0.305 e. The van der Waals surface area contributed by atoms with Crippen LogP contribution in [0.1, 0.15) is 25.1 Å². The van der Waals surface area contributed by atoms with Gasteiger partial charge in [0.25, 0.3) is 0 Å². The summed E-state index contributed by atoms with van der Waals surface area (Å²) in [6, 6.07) is 20.5. The molecule has 0 unspecified atom stereocenters. The third-order valence-electron chi connectivity index (χ3n) is 5.05. The topological polar surface area (TPSA) is 33.4 Å². The molecule has 0 radical (unpaired) electrons. The Labute approximate surface area is 211 Å². The predicted octanol–water partition coefficient (Wildman–Crippen LogP) is 8.32. The number of nitrogens with zero attached hydrogens (tertiary/aromatic N) is 4. The molecule has 3 heterocycles. The van der Waals surface area contributed by atoms with Gasteiger partial charge in [0.2, 0.25) is 0 Å². The van der Waals surface area contributed by atoms with E-state index in [0.717, 1.165) is 43.6 Å². The molecule has 34 heavy (non-hydrogen) atoms. The summed E-state index contributed by atoms with van der Waals surface area (Å²) in [6.07, 6.45) is 6.08. The molecule has 0 aliphatic rings. The Bertz CT molecular complexity index is 1410. The smallest absolute Gasteiger partial charge is 0.191 e. The van der Waals surface area contributed by atoms with Crippen LogP contribution in [0.4, 0.5) is 15.3 Å². The first-order valence-electron chi connectivity index (χ1n) is 10.9. The van der Waals surface area contributed by atoms with Crippen molar-refractivity contribution in [3.63, 3.8) is 0 Å². The Hall–Kier alpha value is -3.29. The number of hydrogen-bond donors (Lipinski definition) is 0. The lowest BCUT2D eigenvalue weighted by atomic mass is 10.2. The van der Waals surface area contributed by atoms with E-state index in [1.807, 2.05) is 78.2 Å². The van der Waals surface area contributed by atoms with Crippen molar-refractivity contribution in [1.29, 1.82) is 0 Å². The van der Waals surface area contributed by atoms with E-state index in [1.165, 1.54) is 23.5 Å². The molecule has 2 aromatic carbocycles. The molecule has 4 nitrogen and oxygen atoms in total. The molecule has 5 rings (SSSR count). The number of fused-ring (bicyclic) bond motifs is 1. The standard InChI is InChI=1S/C25H18BrFN4S.C2H6/c1-30(25-29-22(16-32-25)18-8-11-20(27)12-9-18)24-21(13-7-17-5-3-2-4-6-17)28-23-14-10-19(26)15-31(23)24;1-2/h2-16H,1H3;1-2H3/b13-7+;. The van der Waals surface area contributed by atoms with Crippen LogP contribution < -0.4 is 4.90 Å². The summed E-state index contributed by atoms with van der Waals surface area (Å²) in [7, 11) is 1.98. The first-order chi connectivity index (χ1) is 16.6. The molecule has 0 saturated heterocycles. The molecule has 0 spiro atoms. The van der Waals surface area contributed by atoms with E-state index in [1.54, 1.807) is 12.1 Å². The van der Waals surface area contributed by atoms with Gasteiger partial charge in [-0.2, -0.15) is 0 Å². The highest BCUT2D eigenvalue weighted by Crippen LogP contribution is 2.34. The molecule has 0 atom stereocenters. The summed E-state index contributed by atoms with van der Waals surface area (Å²) < 4.78 is 16.3. The van der Waals surface area contributed by atoms with Crippen molar-refractivity contribution in [1.82, 2.24) is 14.4 Å². The van der Waals surface area contributed by atoms with Crippen LogP contribution in [0.3, 0.4) is 0 Å². The molecule has 172 valence electrons. The van der Waals surface area contributed by atoms with Crippen LogP contribution in [0.2, 0.25) is 0 Å². The van der Waals surface area contributed by atoms with Crippen LogP contribution in [-0.2, 0) is 0 Å². The second-order valence-electron chi connectivity index (χ2n) is 7.22. The van der Waals surface area contributed by atoms with Gasteiger partial charge in [-0.15, -0.1) is 11.3 Å². The van der Waals surface area contributed by atoms with E-state index in [-0.39, 0.29) is 5.82 Å². The molecular weight excluding hydrogens is 511 g/mol. The third-order valence-corrected chi connectivity index (χ3v) is 6.44. The monoisotopic (exact) mass is 534 g/mol. The number of benzene rings is 2. The van der Waals surface area contributed by atoms with Crippen LogP contribution in [0, 0.1) is 5.82 Å². The van der Waals surface area contributed by atoms with Crippen molar-refractivity contribution in [3.05, 3.63) is 99.9 Å². The van der Waals surface area contributed by atoms with Gasteiger partial charge in [-0.3, -0.25) is 4.40 Å². The van der Waals surface area contributed by atoms with E-state index >= 15 is 0 Å². The lowest BCUT2D eigenvalue weighted by Crippen LogP contribution is -2.12. The van der Waals surface area contributed by atoms with Gasteiger partial charge in [-0.05, 0) is 64.0 Å². The maximum Gasteiger partial charge on any atom is 0.191 e. The lowest BCUT2D eigenvalue weighted by molar-refractivity contribution is 0.628. The zero-order valence-electron chi connectivity index (χ0n) is 19.1. The first kappa shape index (κ1) is 23.9. The van der Waals surface area contributed by atoms with E-state index in [0.29, 0.717) is 0 Å². The molecule has 0 bridgehead atoms. The van der Waals surface area contributed by atoms with Gasteiger partial charge < -0.3 is 4.90 Å². The molecule has 0 amide bonds. The van der Waals surface area contributed by atoms with Crippen molar-refractivity contribution in [3.8, 4) is 11.3 Å². The van der Waals surface area contributed by atoms with E-state index in [2.05, 4.69) is 34.1 Å². The minimum atomic E-state index is -0.257. The number of hydrogen-bond acceptors (Lipinski definition) is 4. The Morgan fingerprint density at radius 2 is 1.68 bits per heavy atom. The van der Waals surface area contributed by atoms with Gasteiger partial charge in [0.1, 0.15) is 23.0 Å². The van der Waals surface area contributed by atoms with Crippen LogP contribution in [0.15, 0.2) is 82.8 Å². The van der Waals surface area contributed by atoms with E-state index in [4.69, 9.17) is 9.97 Å². The zero-order valence-corrected chi connectivity index (χ0v) is 21.5. The quantitative estimate of drug-likeness (QED) is 0.227. The van der Waals surface area contributed by atoms with Gasteiger partial charge >= 0.3 is 0 Å². The molecule has 0 aliphatic heterocycles. The van der Waals surface area contributed by atoms with Gasteiger partial charge in [0, 0.05) is 28.7 Å². The summed E-state index contributed by atoms with van der Waals surface area (Å²) in [5.41, 5.74) is 4.49. The first-order valence-corrected chi connectivity index (χ1v) is 12.6. The second kappa shape index (κ2) is 10.8. The lowest BCUT2D eigenvalue weighted by Gasteiger charge is -2.16. The van der Waals surface area contributed by atoms with Gasteiger partial charge in [-0.1, -0.05) is 50.3 Å². The number of aromatic nitrogens is 3. The highest BCUT2D eigenvalue weighted by atomic mass is 79.9. The molecule has 5 aromatic rings. The van der Waals surface area contributed by atoms with Gasteiger partial charge in [0.15, 0.2) is 5.13 Å². The number of halogens is 2. The SMILES string of the molecule is CC.CN(c1nc(-c2ccc(F)cc2)cs1)c1c(/C=C/c2ccccc2)nc2ccc(Br)cn12. The normalized spacial score (nSPS) is 11.0. The Morgan fingerprint density at radius 1 is 0.941 bits per heavy atom. The fourth-order valence-electron chi connectivity index (χ4n) is 3.47. The highest BCUT2D eigenvalue weighted by Gasteiger charge is 2.19.